The van der Waals surface area contributed by atoms with Gasteiger partial charge in [-0.2, -0.15) is 5.10 Å². The lowest BCUT2D eigenvalue weighted by Crippen LogP contribution is -2.24. The molecule has 0 aliphatic heterocycles. The molecular weight excluding hydrogens is 467 g/mol. The highest BCUT2D eigenvalue weighted by Crippen LogP contribution is 2.28. The summed E-state index contributed by atoms with van der Waals surface area (Å²) in [6.45, 7) is 0.523. The van der Waals surface area contributed by atoms with Crippen LogP contribution in [0.25, 0.3) is 16.9 Å². The lowest BCUT2D eigenvalue weighted by molar-refractivity contribution is -0.120. The van der Waals surface area contributed by atoms with Gasteiger partial charge in [0.05, 0.1) is 12.1 Å². The number of fused-ring (bicyclic) bond motifs is 1. The number of rotatable bonds is 9. The van der Waals surface area contributed by atoms with Crippen molar-refractivity contribution in [2.24, 2.45) is 0 Å². The second kappa shape index (κ2) is 10.8. The highest BCUT2D eigenvalue weighted by Gasteiger charge is 2.13. The van der Waals surface area contributed by atoms with Crippen molar-refractivity contribution < 1.29 is 9.90 Å². The number of carbonyl (C=O) groups excluding carboxylic acids is 1. The number of aryl methyl sites for hydroxylation is 2. The summed E-state index contributed by atoms with van der Waals surface area (Å²) in [4.78, 5) is 17.8. The number of phenolic OH excluding ortho intramolecular Hbond substituents is 1. The highest BCUT2D eigenvalue weighted by atomic mass is 32.1. The number of nitrogens with one attached hydrogen (secondary N) is 1. The quantitative estimate of drug-likeness (QED) is 0.305. The fraction of sp³-hybridized carbons (Fsp3) is 0.179. The van der Waals surface area contributed by atoms with Crippen LogP contribution in [0, 0.1) is 0 Å². The van der Waals surface area contributed by atoms with E-state index in [0.29, 0.717) is 35.3 Å². The first-order valence-corrected chi connectivity index (χ1v) is 12.7. The van der Waals surface area contributed by atoms with Gasteiger partial charge in [-0.3, -0.25) is 4.79 Å². The molecule has 3 heterocycles. The van der Waals surface area contributed by atoms with E-state index in [0.717, 1.165) is 35.4 Å². The topological polar surface area (TPSA) is 79.5 Å². The van der Waals surface area contributed by atoms with Crippen molar-refractivity contribution in [3.05, 3.63) is 100 Å². The number of para-hydroxylation sites is 1. The number of thiophene rings is 1. The molecule has 5 aromatic rings. The van der Waals surface area contributed by atoms with E-state index in [4.69, 9.17) is 7.85 Å². The second-order valence-electron chi connectivity index (χ2n) is 8.69. The van der Waals surface area contributed by atoms with E-state index in [9.17, 15) is 9.90 Å². The Morgan fingerprint density at radius 3 is 2.61 bits per heavy atom. The number of hydrogen-bond donors (Lipinski definition) is 2. The number of aromatic nitrogens is 3. The molecule has 0 spiro atoms. The van der Waals surface area contributed by atoms with E-state index in [2.05, 4.69) is 39.7 Å². The minimum absolute atomic E-state index is 0.0349. The summed E-state index contributed by atoms with van der Waals surface area (Å²) in [6.07, 6.45) is 4.62. The van der Waals surface area contributed by atoms with Gasteiger partial charge in [-0.15, -0.1) is 11.3 Å². The maximum Gasteiger partial charge on any atom is 0.225 e. The molecule has 0 aliphatic rings. The van der Waals surface area contributed by atoms with Crippen molar-refractivity contribution in [2.75, 3.05) is 0 Å². The van der Waals surface area contributed by atoms with Gasteiger partial charge < -0.3 is 10.4 Å². The fourth-order valence-corrected chi connectivity index (χ4v) is 4.88. The van der Waals surface area contributed by atoms with Gasteiger partial charge in [-0.05, 0) is 65.5 Å². The molecule has 0 aliphatic carbocycles. The summed E-state index contributed by atoms with van der Waals surface area (Å²) in [5, 5.41) is 19.7. The monoisotopic (exact) mass is 492 g/mol. The third-order valence-electron chi connectivity index (χ3n) is 6.08. The molecule has 2 N–H and O–H groups in total. The summed E-state index contributed by atoms with van der Waals surface area (Å²) in [7, 11) is 6.11. The maximum atomic E-state index is 12.1. The molecule has 5 rings (SSSR count). The fourth-order valence-electron chi connectivity index (χ4n) is 4.18. The van der Waals surface area contributed by atoms with Crippen molar-refractivity contribution in [1.29, 1.82) is 0 Å². The zero-order valence-corrected chi connectivity index (χ0v) is 20.5. The Balaban J connectivity index is 1.21. The summed E-state index contributed by atoms with van der Waals surface area (Å²) in [5.74, 6) is 0.217. The largest absolute Gasteiger partial charge is 0.507 e. The molecule has 0 unspecified atom stereocenters. The Bertz CT molecular complexity index is 1480. The van der Waals surface area contributed by atoms with Gasteiger partial charge in [0.1, 0.15) is 19.2 Å². The van der Waals surface area contributed by atoms with E-state index in [-0.39, 0.29) is 11.7 Å². The van der Waals surface area contributed by atoms with E-state index in [1.807, 2.05) is 35.7 Å². The number of hydrogen-bond acceptors (Lipinski definition) is 5. The minimum atomic E-state index is 0.0349. The number of nitrogens with zero attached hydrogens (tertiary/aromatic N) is 3. The average molecular weight is 492 g/mol. The molecule has 6 nitrogen and oxygen atoms in total. The van der Waals surface area contributed by atoms with Gasteiger partial charge in [-0.1, -0.05) is 42.5 Å². The van der Waals surface area contributed by atoms with Gasteiger partial charge >= 0.3 is 0 Å². The predicted octanol–water partition coefficient (Wildman–Crippen LogP) is 3.99. The van der Waals surface area contributed by atoms with Crippen LogP contribution in [0.15, 0.2) is 78.3 Å². The van der Waals surface area contributed by atoms with Gasteiger partial charge in [0.15, 0.2) is 0 Å². The smallest absolute Gasteiger partial charge is 0.225 e. The van der Waals surface area contributed by atoms with Crippen LogP contribution in [-0.4, -0.2) is 33.5 Å². The number of aromatic hydroxyl groups is 1. The number of amides is 1. The lowest BCUT2D eigenvalue weighted by Gasteiger charge is -2.10. The van der Waals surface area contributed by atoms with Crippen LogP contribution in [0.2, 0.25) is 0 Å². The molecule has 3 aromatic heterocycles. The van der Waals surface area contributed by atoms with Crippen LogP contribution >= 0.6 is 11.3 Å². The molecule has 1 amide bonds. The van der Waals surface area contributed by atoms with Crippen LogP contribution in [0.4, 0.5) is 0 Å². The van der Waals surface area contributed by atoms with Crippen LogP contribution < -0.4 is 10.8 Å². The molecule has 8 heteroatoms. The molecule has 0 fully saturated rings. The third kappa shape index (κ3) is 5.49. The van der Waals surface area contributed by atoms with E-state index in [1.54, 1.807) is 34.2 Å². The van der Waals surface area contributed by atoms with Gasteiger partial charge in [-0.25, -0.2) is 9.50 Å². The van der Waals surface area contributed by atoms with Crippen molar-refractivity contribution in [3.63, 3.8) is 0 Å². The zero-order chi connectivity index (χ0) is 24.9. The van der Waals surface area contributed by atoms with Crippen LogP contribution in [0.3, 0.4) is 0 Å². The first-order chi connectivity index (χ1) is 17.6. The van der Waals surface area contributed by atoms with Gasteiger partial charge in [0.25, 0.3) is 0 Å². The second-order valence-corrected chi connectivity index (χ2v) is 9.72. The normalized spacial score (nSPS) is 11.1. The van der Waals surface area contributed by atoms with E-state index >= 15 is 0 Å². The van der Waals surface area contributed by atoms with E-state index < -0.39 is 0 Å². The lowest BCUT2D eigenvalue weighted by atomic mass is 10.00. The minimum Gasteiger partial charge on any atom is -0.507 e. The molecule has 0 saturated heterocycles. The highest BCUT2D eigenvalue weighted by molar-refractivity contribution is 7.10. The Morgan fingerprint density at radius 1 is 1.03 bits per heavy atom. The summed E-state index contributed by atoms with van der Waals surface area (Å²) in [6, 6.07) is 21.4. The number of benzene rings is 2. The summed E-state index contributed by atoms with van der Waals surface area (Å²) >= 11 is 1.60. The first kappa shape index (κ1) is 23.8. The molecule has 2 aromatic carbocycles. The average Bonchev–Trinajstić information content (AvgIpc) is 3.53. The van der Waals surface area contributed by atoms with Gasteiger partial charge in [0.2, 0.25) is 5.91 Å². The van der Waals surface area contributed by atoms with Crippen molar-refractivity contribution in [2.45, 2.75) is 32.2 Å². The SMILES string of the molecule is [B]c1cnn2c(CCCc3ccc(CNC(=O)Cc4cccs4)cc3)cc(-c3ccccc3O)nc12. The molecule has 2 radical (unpaired) electrons. The first-order valence-electron chi connectivity index (χ1n) is 11.9. The van der Waals surface area contributed by atoms with Crippen molar-refractivity contribution >= 4 is 36.2 Å². The molecule has 0 atom stereocenters. The molecule has 0 bridgehead atoms. The van der Waals surface area contributed by atoms with E-state index in [1.165, 1.54) is 5.56 Å². The summed E-state index contributed by atoms with van der Waals surface area (Å²) < 4.78 is 1.78. The molecule has 36 heavy (non-hydrogen) atoms. The Labute approximate surface area is 215 Å². The van der Waals surface area contributed by atoms with Crippen molar-refractivity contribution in [3.8, 4) is 17.0 Å². The Kier molecular flexibility index (Phi) is 7.14. The van der Waals surface area contributed by atoms with Gasteiger partial charge in [0, 0.05) is 28.9 Å². The number of phenols is 1. The number of carbonyl (C=O) groups is 1. The third-order valence-corrected chi connectivity index (χ3v) is 6.96. The predicted molar refractivity (Wildman–Crippen MR) is 144 cm³/mol. The Hall–Kier alpha value is -3.91. The van der Waals surface area contributed by atoms with Crippen LogP contribution in [0.5, 0.6) is 5.75 Å². The van der Waals surface area contributed by atoms with Crippen LogP contribution in [-0.2, 0) is 30.6 Å². The Morgan fingerprint density at radius 2 is 1.83 bits per heavy atom. The molecular formula is C28H25BN4O2S. The van der Waals surface area contributed by atoms with Crippen LogP contribution in [0.1, 0.15) is 28.1 Å². The maximum absolute atomic E-state index is 12.1. The van der Waals surface area contributed by atoms with Crippen molar-refractivity contribution in [1.82, 2.24) is 19.9 Å². The molecule has 0 saturated carbocycles. The zero-order valence-electron chi connectivity index (χ0n) is 19.7. The standard InChI is InChI=1S/C28H25BN4O2S/c29-24-18-31-33-21(15-25(32-28(24)33)23-8-1-2-9-26(23)34)6-3-5-19-10-12-20(13-11-19)17-30-27(35)16-22-7-4-14-36-22/h1-2,4,7-15,18,34H,3,5-6,16-17H2,(H,30,35). The summed E-state index contributed by atoms with van der Waals surface area (Å²) in [5.41, 5.74) is 5.74. The molecule has 178 valence electrons.